The van der Waals surface area contributed by atoms with Crippen molar-refractivity contribution in [3.8, 4) is 0 Å². The largest absolute Gasteiger partial charge is 0.388 e. The van der Waals surface area contributed by atoms with Gasteiger partial charge in [-0.3, -0.25) is 0 Å². The van der Waals surface area contributed by atoms with E-state index in [1.807, 2.05) is 97.1 Å². The van der Waals surface area contributed by atoms with Gasteiger partial charge in [-0.25, -0.2) is 0 Å². The van der Waals surface area contributed by atoms with Crippen LogP contribution in [0.1, 0.15) is 44.1 Å². The van der Waals surface area contributed by atoms with Crippen molar-refractivity contribution < 1.29 is 9.67 Å². The summed E-state index contributed by atoms with van der Waals surface area (Å²) in [5, 5.41) is 14.5. The number of aliphatic hydroxyl groups is 1. The molecule has 1 aliphatic rings. The van der Waals surface area contributed by atoms with Crippen LogP contribution >= 0.6 is 18.9 Å². The second kappa shape index (κ2) is 11.4. The molecule has 4 atom stereocenters. The smallest absolute Gasteiger partial charge is 0.149 e. The minimum Gasteiger partial charge on any atom is -0.388 e. The molecule has 0 bridgehead atoms. The highest BCUT2D eigenvalue weighted by Gasteiger charge is 2.56. The molecule has 1 aliphatic carbocycles. The first-order valence-electron chi connectivity index (χ1n) is 13.2. The lowest BCUT2D eigenvalue weighted by Gasteiger charge is -2.50. The SMILES string of the molecule is C[C@@H](c1ccccc1)[C@H]([C@@]1(O)CCCC[C@H]1Sc1ccccc1)P(=O)(c1ccccc1)c1ccccc1. The second-order valence-electron chi connectivity index (χ2n) is 10.1. The van der Waals surface area contributed by atoms with E-state index in [1.54, 1.807) is 11.8 Å². The average molecular weight is 527 g/mol. The highest BCUT2D eigenvalue weighted by molar-refractivity contribution is 8.00. The average Bonchev–Trinajstić information content (AvgIpc) is 2.96. The van der Waals surface area contributed by atoms with E-state index in [9.17, 15) is 5.11 Å². The van der Waals surface area contributed by atoms with Crippen LogP contribution in [0, 0.1) is 0 Å². The molecule has 0 aliphatic heterocycles. The first kappa shape index (κ1) is 26.0. The molecule has 5 rings (SSSR count). The number of benzene rings is 4. The summed E-state index contributed by atoms with van der Waals surface area (Å²) >= 11 is 1.75. The predicted octanol–water partition coefficient (Wildman–Crippen LogP) is 7.64. The van der Waals surface area contributed by atoms with Gasteiger partial charge in [0.05, 0.1) is 11.3 Å². The third kappa shape index (κ3) is 5.23. The number of thioether (sulfide) groups is 1. The molecule has 0 unspecified atom stereocenters. The molecule has 2 nitrogen and oxygen atoms in total. The lowest BCUT2D eigenvalue weighted by molar-refractivity contribution is 0.00139. The molecule has 4 aromatic rings. The number of rotatable bonds is 8. The minimum absolute atomic E-state index is 0.0550. The van der Waals surface area contributed by atoms with Crippen LogP contribution in [0.25, 0.3) is 0 Å². The molecular weight excluding hydrogens is 491 g/mol. The van der Waals surface area contributed by atoms with Gasteiger partial charge in [0, 0.05) is 20.8 Å². The van der Waals surface area contributed by atoms with Crippen molar-refractivity contribution in [2.45, 2.75) is 59.9 Å². The van der Waals surface area contributed by atoms with Crippen molar-refractivity contribution in [1.82, 2.24) is 0 Å². The maximum absolute atomic E-state index is 15.9. The van der Waals surface area contributed by atoms with Gasteiger partial charge in [0.25, 0.3) is 0 Å². The summed E-state index contributed by atoms with van der Waals surface area (Å²) in [6.07, 6.45) is 3.55. The van der Waals surface area contributed by atoms with E-state index in [-0.39, 0.29) is 11.2 Å². The van der Waals surface area contributed by atoms with Crippen molar-refractivity contribution in [3.63, 3.8) is 0 Å². The zero-order valence-electron chi connectivity index (χ0n) is 21.3. The van der Waals surface area contributed by atoms with Gasteiger partial charge in [-0.05, 0) is 36.5 Å². The molecule has 0 aromatic heterocycles. The zero-order valence-corrected chi connectivity index (χ0v) is 23.0. The molecule has 1 N–H and O–H groups in total. The van der Waals surface area contributed by atoms with Crippen molar-refractivity contribution >= 4 is 29.5 Å². The lowest BCUT2D eigenvalue weighted by atomic mass is 9.76. The molecule has 0 radical (unpaired) electrons. The maximum atomic E-state index is 15.9. The summed E-state index contributed by atoms with van der Waals surface area (Å²) in [6.45, 7) is 2.16. The first-order valence-corrected chi connectivity index (χ1v) is 15.9. The van der Waals surface area contributed by atoms with E-state index >= 15 is 4.57 Å². The van der Waals surface area contributed by atoms with E-state index < -0.39 is 18.4 Å². The lowest BCUT2D eigenvalue weighted by Crippen LogP contribution is -2.56. The maximum Gasteiger partial charge on any atom is 0.149 e. The Bertz CT molecular complexity index is 1270. The summed E-state index contributed by atoms with van der Waals surface area (Å²) in [4.78, 5) is 1.15. The molecule has 37 heavy (non-hydrogen) atoms. The fourth-order valence-corrected chi connectivity index (χ4v) is 11.5. The van der Waals surface area contributed by atoms with Gasteiger partial charge >= 0.3 is 0 Å². The molecule has 4 aromatic carbocycles. The fourth-order valence-electron chi connectivity index (χ4n) is 6.08. The fraction of sp³-hybridized carbons (Fsp3) is 0.273. The van der Waals surface area contributed by atoms with Crippen LogP contribution in [0.4, 0.5) is 0 Å². The third-order valence-corrected chi connectivity index (χ3v) is 13.1. The summed E-state index contributed by atoms with van der Waals surface area (Å²) in [5.74, 6) is -0.116. The minimum atomic E-state index is -3.30. The summed E-state index contributed by atoms with van der Waals surface area (Å²) < 4.78 is 15.9. The molecule has 4 heteroatoms. The molecule has 0 spiro atoms. The van der Waals surface area contributed by atoms with E-state index in [0.29, 0.717) is 6.42 Å². The molecule has 1 saturated carbocycles. The number of hydrogen-bond donors (Lipinski definition) is 1. The van der Waals surface area contributed by atoms with Crippen LogP contribution < -0.4 is 10.6 Å². The van der Waals surface area contributed by atoms with E-state index in [1.165, 1.54) is 0 Å². The van der Waals surface area contributed by atoms with Gasteiger partial charge in [-0.2, -0.15) is 0 Å². The summed E-state index contributed by atoms with van der Waals surface area (Å²) in [6, 6.07) is 40.5. The Kier molecular flexibility index (Phi) is 8.05. The first-order chi connectivity index (χ1) is 18.0. The highest BCUT2D eigenvalue weighted by Crippen LogP contribution is 2.61. The van der Waals surface area contributed by atoms with Gasteiger partial charge in [-0.1, -0.05) is 129 Å². The molecule has 0 heterocycles. The van der Waals surface area contributed by atoms with Gasteiger partial charge in [0.2, 0.25) is 0 Å². The Hall–Kier alpha value is -2.58. The van der Waals surface area contributed by atoms with Crippen LogP contribution in [-0.4, -0.2) is 21.6 Å². The Labute approximate surface area is 225 Å². The van der Waals surface area contributed by atoms with Crippen LogP contribution in [0.15, 0.2) is 126 Å². The molecule has 0 saturated heterocycles. The van der Waals surface area contributed by atoms with Crippen molar-refractivity contribution in [1.29, 1.82) is 0 Å². The van der Waals surface area contributed by atoms with Crippen LogP contribution in [0.2, 0.25) is 0 Å². The Morgan fingerprint density at radius 1 is 0.757 bits per heavy atom. The Morgan fingerprint density at radius 2 is 1.24 bits per heavy atom. The van der Waals surface area contributed by atoms with Gasteiger partial charge < -0.3 is 9.67 Å². The summed E-state index contributed by atoms with van der Waals surface area (Å²) in [7, 11) is -3.30. The standard InChI is InChI=1S/C33H35O2PS/c1-26(27-16-6-2-7-17-27)32(33(34)25-15-14-24-31(33)37-30-22-12-5-13-23-30)36(35,28-18-8-3-9-19-28)29-20-10-4-11-21-29/h2-13,16-23,26,31-32,34H,14-15,24-25H2,1H3/t26-,31+,32+,33+/m0/s1. The molecule has 0 amide bonds. The highest BCUT2D eigenvalue weighted by atomic mass is 32.2. The summed E-state index contributed by atoms with van der Waals surface area (Å²) in [5.41, 5.74) is -0.481. The third-order valence-electron chi connectivity index (χ3n) is 7.86. The van der Waals surface area contributed by atoms with Gasteiger partial charge in [-0.15, -0.1) is 11.8 Å². The Morgan fingerprint density at radius 3 is 1.78 bits per heavy atom. The Balaban J connectivity index is 1.72. The zero-order chi connectivity index (χ0) is 25.7. The van der Waals surface area contributed by atoms with Gasteiger partial charge in [0.15, 0.2) is 0 Å². The predicted molar refractivity (Wildman–Crippen MR) is 158 cm³/mol. The number of hydrogen-bond acceptors (Lipinski definition) is 3. The molecule has 190 valence electrons. The second-order valence-corrected chi connectivity index (χ2v) is 14.3. The van der Waals surface area contributed by atoms with Gasteiger partial charge in [0.1, 0.15) is 7.14 Å². The van der Waals surface area contributed by atoms with Crippen LogP contribution in [0.5, 0.6) is 0 Å². The molecular formula is C33H35O2PS. The monoisotopic (exact) mass is 526 g/mol. The van der Waals surface area contributed by atoms with Crippen molar-refractivity contribution in [2.24, 2.45) is 0 Å². The van der Waals surface area contributed by atoms with E-state index in [0.717, 1.165) is 40.3 Å². The topological polar surface area (TPSA) is 37.3 Å². The van der Waals surface area contributed by atoms with Crippen molar-refractivity contribution in [3.05, 3.63) is 127 Å². The van der Waals surface area contributed by atoms with E-state index in [2.05, 4.69) is 31.2 Å². The quantitative estimate of drug-likeness (QED) is 0.240. The van der Waals surface area contributed by atoms with Crippen LogP contribution in [0.3, 0.4) is 0 Å². The van der Waals surface area contributed by atoms with E-state index in [4.69, 9.17) is 0 Å². The molecule has 1 fully saturated rings. The normalized spacial score (nSPS) is 21.7. The van der Waals surface area contributed by atoms with Crippen molar-refractivity contribution in [2.75, 3.05) is 0 Å². The van der Waals surface area contributed by atoms with Crippen LogP contribution in [-0.2, 0) is 4.57 Å².